The fourth-order valence-electron chi connectivity index (χ4n) is 4.50. The summed E-state index contributed by atoms with van der Waals surface area (Å²) < 4.78 is 5.16. The van der Waals surface area contributed by atoms with Crippen LogP contribution in [0.1, 0.15) is 52.0 Å². The quantitative estimate of drug-likeness (QED) is 0.0980. The van der Waals surface area contributed by atoms with Gasteiger partial charge in [0.25, 0.3) is 0 Å². The number of hydrogen-bond acceptors (Lipinski definition) is 10. The highest BCUT2D eigenvalue weighted by Gasteiger charge is 2.34. The number of aryl methyl sites for hydroxylation is 1. The molecule has 18 heteroatoms. The SMILES string of the molecule is CC(=O)N[C@@H](CC(=O)O)C(=O)N[C@@H](CCC(=O)O)C(=O)N[C@H](C(=O)N[C@@H](CC(=O)O)C(=O)Nc1ccc2c(C)cc(=O)oc2c1)C(C)C. The third-order valence-corrected chi connectivity index (χ3v) is 6.83. The van der Waals surface area contributed by atoms with Crippen LogP contribution in [-0.2, 0) is 38.4 Å². The van der Waals surface area contributed by atoms with Crippen LogP contribution in [0.2, 0.25) is 0 Å². The predicted octanol–water partition coefficient (Wildman–Crippen LogP) is -0.531. The number of hydrogen-bond donors (Lipinski definition) is 8. The zero-order valence-corrected chi connectivity index (χ0v) is 26.4. The van der Waals surface area contributed by atoms with Gasteiger partial charge >= 0.3 is 23.5 Å². The maximum absolute atomic E-state index is 13.3. The van der Waals surface area contributed by atoms with E-state index in [1.165, 1.54) is 32.0 Å². The van der Waals surface area contributed by atoms with Crippen LogP contribution >= 0.6 is 0 Å². The topological polar surface area (TPSA) is 288 Å². The van der Waals surface area contributed by atoms with Crippen molar-refractivity contribution in [3.05, 3.63) is 40.2 Å². The highest BCUT2D eigenvalue weighted by molar-refractivity contribution is 6.01. The molecule has 0 aliphatic heterocycles. The van der Waals surface area contributed by atoms with Crippen molar-refractivity contribution in [2.45, 2.75) is 77.5 Å². The van der Waals surface area contributed by atoms with Crippen LogP contribution in [0.25, 0.3) is 11.0 Å². The summed E-state index contributed by atoms with van der Waals surface area (Å²) in [6.45, 7) is 5.73. The maximum Gasteiger partial charge on any atom is 0.336 e. The van der Waals surface area contributed by atoms with Gasteiger partial charge in [-0.1, -0.05) is 13.8 Å². The normalized spacial score (nSPS) is 13.4. The Hall–Kier alpha value is -5.81. The van der Waals surface area contributed by atoms with Crippen LogP contribution in [0.4, 0.5) is 5.69 Å². The van der Waals surface area contributed by atoms with Crippen molar-refractivity contribution in [1.29, 1.82) is 0 Å². The number of fused-ring (bicyclic) bond motifs is 1. The maximum atomic E-state index is 13.3. The number of nitrogens with one attached hydrogen (secondary N) is 5. The number of anilines is 1. The lowest BCUT2D eigenvalue weighted by atomic mass is 10.0. The summed E-state index contributed by atoms with van der Waals surface area (Å²) in [6.07, 6.45) is -2.84. The molecule has 0 aliphatic carbocycles. The van der Waals surface area contributed by atoms with E-state index in [4.69, 9.17) is 14.6 Å². The molecule has 0 fully saturated rings. The van der Waals surface area contributed by atoms with Gasteiger partial charge in [0.1, 0.15) is 29.8 Å². The molecule has 48 heavy (non-hydrogen) atoms. The molecule has 1 aromatic heterocycles. The summed E-state index contributed by atoms with van der Waals surface area (Å²) in [5.41, 5.74) is 0.264. The van der Waals surface area contributed by atoms with Gasteiger partial charge in [-0.2, -0.15) is 0 Å². The van der Waals surface area contributed by atoms with E-state index in [0.717, 1.165) is 6.92 Å². The number of carboxylic acids is 3. The Morgan fingerprint density at radius 3 is 1.83 bits per heavy atom. The van der Waals surface area contributed by atoms with E-state index in [1.807, 2.05) is 0 Å². The van der Waals surface area contributed by atoms with Gasteiger partial charge < -0.3 is 46.3 Å². The van der Waals surface area contributed by atoms with Gasteiger partial charge in [0, 0.05) is 36.6 Å². The molecule has 4 atom stereocenters. The molecule has 2 aromatic rings. The molecule has 18 nitrogen and oxygen atoms in total. The molecule has 8 N–H and O–H groups in total. The first-order valence-corrected chi connectivity index (χ1v) is 14.6. The summed E-state index contributed by atoms with van der Waals surface area (Å²) in [5, 5.41) is 39.7. The summed E-state index contributed by atoms with van der Waals surface area (Å²) in [7, 11) is 0. The Morgan fingerprint density at radius 1 is 0.729 bits per heavy atom. The minimum atomic E-state index is -1.66. The summed E-state index contributed by atoms with van der Waals surface area (Å²) >= 11 is 0. The van der Waals surface area contributed by atoms with Crippen molar-refractivity contribution >= 4 is 64.1 Å². The molecular formula is C30H37N5O13. The zero-order chi connectivity index (χ0) is 36.3. The lowest BCUT2D eigenvalue weighted by Crippen LogP contribution is -2.59. The lowest BCUT2D eigenvalue weighted by Gasteiger charge is -2.27. The van der Waals surface area contributed by atoms with Crippen molar-refractivity contribution in [1.82, 2.24) is 21.3 Å². The molecule has 0 bridgehead atoms. The van der Waals surface area contributed by atoms with Crippen LogP contribution in [0.5, 0.6) is 0 Å². The van der Waals surface area contributed by atoms with E-state index in [0.29, 0.717) is 10.9 Å². The zero-order valence-electron chi connectivity index (χ0n) is 26.4. The third kappa shape index (κ3) is 11.8. The van der Waals surface area contributed by atoms with Crippen LogP contribution in [-0.4, -0.2) is 86.9 Å². The van der Waals surface area contributed by atoms with Gasteiger partial charge in [-0.15, -0.1) is 0 Å². The first kappa shape index (κ1) is 38.4. The van der Waals surface area contributed by atoms with Gasteiger partial charge in [0.2, 0.25) is 29.5 Å². The van der Waals surface area contributed by atoms with Crippen LogP contribution in [0.3, 0.4) is 0 Å². The minimum absolute atomic E-state index is 0.122. The van der Waals surface area contributed by atoms with Gasteiger partial charge in [-0.25, -0.2) is 4.79 Å². The summed E-state index contributed by atoms with van der Waals surface area (Å²) in [6, 6.07) is -0.645. The standard InChI is InChI=1S/C30H37N5O13/c1-13(2)26(35-27(44)18(7-8-22(37)38)33-29(46)19(11-23(39)40)31-15(4)36)30(47)34-20(12-24(41)42)28(45)32-16-5-6-17-14(3)9-25(43)48-21(17)10-16/h5-6,9-10,13,18-20,26H,7-8,11-12H2,1-4H3,(H,31,36)(H,32,45)(H,33,46)(H,34,47)(H,35,44)(H,37,38)(H,39,40)(H,41,42)/t18-,19-,20-,26-/m0/s1. The van der Waals surface area contributed by atoms with E-state index in [1.54, 1.807) is 13.0 Å². The monoisotopic (exact) mass is 675 g/mol. The van der Waals surface area contributed by atoms with Crippen molar-refractivity contribution in [2.75, 3.05) is 5.32 Å². The van der Waals surface area contributed by atoms with Gasteiger partial charge in [-0.05, 0) is 37.0 Å². The molecule has 1 heterocycles. The number of aliphatic carboxylic acids is 3. The van der Waals surface area contributed by atoms with Crippen molar-refractivity contribution in [3.63, 3.8) is 0 Å². The molecule has 0 aliphatic rings. The second kappa shape index (κ2) is 17.2. The van der Waals surface area contributed by atoms with E-state index >= 15 is 0 Å². The third-order valence-electron chi connectivity index (χ3n) is 6.83. The van der Waals surface area contributed by atoms with Crippen molar-refractivity contribution < 1.29 is 58.1 Å². The average molecular weight is 676 g/mol. The number of rotatable bonds is 17. The first-order chi connectivity index (χ1) is 22.4. The fraction of sp³-hybridized carbons (Fsp3) is 0.433. The molecule has 5 amide bonds. The number of carbonyl (C=O) groups is 8. The first-order valence-electron chi connectivity index (χ1n) is 14.6. The molecule has 260 valence electrons. The van der Waals surface area contributed by atoms with Gasteiger partial charge in [0.05, 0.1) is 12.8 Å². The highest BCUT2D eigenvalue weighted by atomic mass is 16.4. The number of carbonyl (C=O) groups excluding carboxylic acids is 5. The Labute approximate surface area is 272 Å². The number of carboxylic acid groups (broad SMARTS) is 3. The van der Waals surface area contributed by atoms with E-state index in [2.05, 4.69) is 26.6 Å². The summed E-state index contributed by atoms with van der Waals surface area (Å²) in [4.78, 5) is 110. The van der Waals surface area contributed by atoms with Crippen LogP contribution in [0, 0.1) is 12.8 Å². The molecule has 0 saturated carbocycles. The van der Waals surface area contributed by atoms with Crippen molar-refractivity contribution in [2.24, 2.45) is 5.92 Å². The van der Waals surface area contributed by atoms with E-state index in [9.17, 15) is 48.3 Å². The average Bonchev–Trinajstić information content (AvgIpc) is 2.95. The smallest absolute Gasteiger partial charge is 0.336 e. The molecular weight excluding hydrogens is 638 g/mol. The second-order valence-electron chi connectivity index (χ2n) is 11.2. The fourth-order valence-corrected chi connectivity index (χ4v) is 4.50. The van der Waals surface area contributed by atoms with E-state index in [-0.39, 0.29) is 11.3 Å². The Morgan fingerprint density at radius 2 is 1.29 bits per heavy atom. The molecule has 0 unspecified atom stereocenters. The molecule has 0 radical (unpaired) electrons. The van der Waals surface area contributed by atoms with Gasteiger partial charge in [-0.3, -0.25) is 38.4 Å². The van der Waals surface area contributed by atoms with Crippen molar-refractivity contribution in [3.8, 4) is 0 Å². The van der Waals surface area contributed by atoms with Crippen LogP contribution < -0.4 is 32.2 Å². The predicted molar refractivity (Wildman–Crippen MR) is 165 cm³/mol. The molecule has 0 saturated heterocycles. The molecule has 2 rings (SSSR count). The largest absolute Gasteiger partial charge is 0.481 e. The minimum Gasteiger partial charge on any atom is -0.481 e. The van der Waals surface area contributed by atoms with E-state index < -0.39 is 109 Å². The Kier molecular flexibility index (Phi) is 13.8. The molecule has 0 spiro atoms. The summed E-state index contributed by atoms with van der Waals surface area (Å²) in [5.74, 6) is -9.79. The lowest BCUT2D eigenvalue weighted by molar-refractivity contribution is -0.142. The molecule has 1 aromatic carbocycles. The second-order valence-corrected chi connectivity index (χ2v) is 11.2. The highest BCUT2D eigenvalue weighted by Crippen LogP contribution is 2.21. The van der Waals surface area contributed by atoms with Gasteiger partial charge in [0.15, 0.2) is 0 Å². The number of amides is 5. The number of benzene rings is 1. The van der Waals surface area contributed by atoms with Crippen LogP contribution in [0.15, 0.2) is 33.5 Å². The Bertz CT molecular complexity index is 1640. The Balaban J connectivity index is 2.27.